The van der Waals surface area contributed by atoms with Crippen molar-refractivity contribution in [1.82, 2.24) is 4.90 Å². The maximum Gasteiger partial charge on any atom is 0.263 e. The van der Waals surface area contributed by atoms with Crippen molar-refractivity contribution in [2.24, 2.45) is 0 Å². The summed E-state index contributed by atoms with van der Waals surface area (Å²) in [4.78, 5) is 13.9. The minimum absolute atomic E-state index is 0.0519. The first kappa shape index (κ1) is 16.0. The number of likely N-dealkylation sites (N-methyl/N-ethyl adjacent to an activating group) is 1. The highest BCUT2D eigenvalue weighted by Gasteiger charge is 2.21. The van der Waals surface area contributed by atoms with Crippen LogP contribution in [0, 0.1) is 11.3 Å². The summed E-state index contributed by atoms with van der Waals surface area (Å²) in [7, 11) is 0. The van der Waals surface area contributed by atoms with Gasteiger partial charge in [-0.2, -0.15) is 5.26 Å². The summed E-state index contributed by atoms with van der Waals surface area (Å²) in [6, 6.07) is 8.86. The van der Waals surface area contributed by atoms with Crippen molar-refractivity contribution in [1.29, 1.82) is 5.26 Å². The van der Waals surface area contributed by atoms with Crippen LogP contribution >= 0.6 is 0 Å². The lowest BCUT2D eigenvalue weighted by molar-refractivity contribution is -0.137. The third-order valence-corrected chi connectivity index (χ3v) is 2.94. The molecule has 0 fully saturated rings. The number of nitriles is 1. The molecule has 5 heteroatoms. The van der Waals surface area contributed by atoms with Crippen LogP contribution in [0.4, 0.5) is 0 Å². The number of benzene rings is 1. The van der Waals surface area contributed by atoms with Crippen LogP contribution in [0.3, 0.4) is 0 Å². The minimum atomic E-state index is -0.664. The molecule has 0 saturated heterocycles. The van der Waals surface area contributed by atoms with Gasteiger partial charge < -0.3 is 14.7 Å². The third-order valence-electron chi connectivity index (χ3n) is 2.94. The number of ether oxygens (including phenoxy) is 1. The number of aliphatic hydroxyl groups is 1. The third kappa shape index (κ3) is 4.25. The van der Waals surface area contributed by atoms with Crippen LogP contribution in [0.15, 0.2) is 24.3 Å². The van der Waals surface area contributed by atoms with Gasteiger partial charge in [0.25, 0.3) is 5.91 Å². The van der Waals surface area contributed by atoms with Crippen molar-refractivity contribution in [3.8, 4) is 11.8 Å². The van der Waals surface area contributed by atoms with Crippen molar-refractivity contribution in [3.05, 3.63) is 29.8 Å². The summed E-state index contributed by atoms with van der Waals surface area (Å²) in [5.41, 5.74) is 0.408. The second-order valence-corrected chi connectivity index (χ2v) is 4.36. The number of hydrogen-bond acceptors (Lipinski definition) is 4. The molecule has 1 amide bonds. The van der Waals surface area contributed by atoms with Gasteiger partial charge in [-0.1, -0.05) is 12.1 Å². The van der Waals surface area contributed by atoms with Gasteiger partial charge in [-0.15, -0.1) is 0 Å². The fourth-order valence-electron chi connectivity index (χ4n) is 1.85. The first-order valence-corrected chi connectivity index (χ1v) is 6.69. The van der Waals surface area contributed by atoms with Crippen molar-refractivity contribution in [2.45, 2.75) is 26.4 Å². The Hall–Kier alpha value is -2.06. The lowest BCUT2D eigenvalue weighted by Gasteiger charge is -2.24. The molecule has 108 valence electrons. The Bertz CT molecular complexity index is 482. The molecule has 0 aliphatic heterocycles. The second-order valence-electron chi connectivity index (χ2n) is 4.36. The maximum atomic E-state index is 12.2. The summed E-state index contributed by atoms with van der Waals surface area (Å²) in [6.07, 6.45) is -0.121. The molecule has 0 radical (unpaired) electrons. The Morgan fingerprint density at radius 2 is 2.20 bits per heavy atom. The molecule has 0 heterocycles. The predicted molar refractivity (Wildman–Crippen MR) is 75.2 cm³/mol. The molecule has 0 aliphatic carbocycles. The van der Waals surface area contributed by atoms with E-state index in [4.69, 9.17) is 15.1 Å². The first-order valence-electron chi connectivity index (χ1n) is 6.69. The molecule has 1 aromatic rings. The van der Waals surface area contributed by atoms with Gasteiger partial charge in [0.2, 0.25) is 0 Å². The molecule has 5 nitrogen and oxygen atoms in total. The largest absolute Gasteiger partial charge is 0.480 e. The molecule has 0 aromatic heterocycles. The van der Waals surface area contributed by atoms with Gasteiger partial charge in [0.05, 0.1) is 5.56 Å². The zero-order chi connectivity index (χ0) is 15.0. The Balaban J connectivity index is 2.72. The number of carbonyl (C=O) groups is 1. The molecule has 1 N–H and O–H groups in total. The van der Waals surface area contributed by atoms with Crippen LogP contribution in [0.2, 0.25) is 0 Å². The van der Waals surface area contributed by atoms with Crippen LogP contribution in [-0.2, 0) is 4.79 Å². The van der Waals surface area contributed by atoms with Gasteiger partial charge in [-0.3, -0.25) is 4.79 Å². The highest BCUT2D eigenvalue weighted by molar-refractivity contribution is 5.81. The van der Waals surface area contributed by atoms with Gasteiger partial charge in [-0.25, -0.2) is 0 Å². The SMILES string of the molecule is CCN(CCCO)C(=O)C(C)Oc1ccccc1C#N. The lowest BCUT2D eigenvalue weighted by Crippen LogP contribution is -2.41. The molecular formula is C15H20N2O3. The standard InChI is InChI=1S/C15H20N2O3/c1-3-17(9-6-10-18)15(19)12(2)20-14-8-5-4-7-13(14)11-16/h4-5,7-8,12,18H,3,6,9-10H2,1-2H3. The number of amides is 1. The van der Waals surface area contributed by atoms with E-state index in [9.17, 15) is 4.79 Å². The monoisotopic (exact) mass is 276 g/mol. The van der Waals surface area contributed by atoms with E-state index >= 15 is 0 Å². The average molecular weight is 276 g/mol. The zero-order valence-electron chi connectivity index (χ0n) is 11.9. The fourth-order valence-corrected chi connectivity index (χ4v) is 1.85. The predicted octanol–water partition coefficient (Wildman–Crippen LogP) is 1.56. The smallest absolute Gasteiger partial charge is 0.263 e. The molecule has 0 bridgehead atoms. The summed E-state index contributed by atoms with van der Waals surface area (Å²) >= 11 is 0. The van der Waals surface area contributed by atoms with Gasteiger partial charge in [0, 0.05) is 19.7 Å². The van der Waals surface area contributed by atoms with E-state index < -0.39 is 6.10 Å². The number of para-hydroxylation sites is 1. The van der Waals surface area contributed by atoms with Gasteiger partial charge in [-0.05, 0) is 32.4 Å². The number of hydrogen-bond donors (Lipinski definition) is 1. The summed E-state index contributed by atoms with van der Waals surface area (Å²) < 4.78 is 5.58. The average Bonchev–Trinajstić information content (AvgIpc) is 2.48. The highest BCUT2D eigenvalue weighted by atomic mass is 16.5. The van der Waals surface area contributed by atoms with E-state index in [1.807, 2.05) is 13.0 Å². The lowest BCUT2D eigenvalue weighted by atomic mass is 10.2. The Kier molecular flexibility index (Phi) is 6.54. The van der Waals surface area contributed by atoms with Gasteiger partial charge >= 0.3 is 0 Å². The molecular weight excluding hydrogens is 256 g/mol. The fraction of sp³-hybridized carbons (Fsp3) is 0.467. The molecule has 0 saturated carbocycles. The van der Waals surface area contributed by atoms with Crippen molar-refractivity contribution in [2.75, 3.05) is 19.7 Å². The van der Waals surface area contributed by atoms with E-state index in [1.165, 1.54) is 0 Å². The minimum Gasteiger partial charge on any atom is -0.480 e. The highest BCUT2D eigenvalue weighted by Crippen LogP contribution is 2.18. The van der Waals surface area contributed by atoms with Crippen LogP contribution in [0.5, 0.6) is 5.75 Å². The van der Waals surface area contributed by atoms with Crippen molar-refractivity contribution in [3.63, 3.8) is 0 Å². The molecule has 1 aromatic carbocycles. The zero-order valence-corrected chi connectivity index (χ0v) is 11.9. The molecule has 20 heavy (non-hydrogen) atoms. The topological polar surface area (TPSA) is 73.6 Å². The molecule has 1 rings (SSSR count). The Morgan fingerprint density at radius 3 is 2.80 bits per heavy atom. The van der Waals surface area contributed by atoms with E-state index in [-0.39, 0.29) is 12.5 Å². The molecule has 0 spiro atoms. The number of nitrogens with zero attached hydrogens (tertiary/aromatic N) is 2. The normalized spacial score (nSPS) is 11.5. The number of carbonyl (C=O) groups excluding carboxylic acids is 1. The van der Waals surface area contributed by atoms with E-state index in [2.05, 4.69) is 0 Å². The molecule has 1 unspecified atom stereocenters. The van der Waals surface area contributed by atoms with Crippen LogP contribution in [-0.4, -0.2) is 41.7 Å². The van der Waals surface area contributed by atoms with Crippen molar-refractivity contribution < 1.29 is 14.6 Å². The quantitative estimate of drug-likeness (QED) is 0.820. The van der Waals surface area contributed by atoms with E-state index in [0.29, 0.717) is 30.8 Å². The van der Waals surface area contributed by atoms with Crippen molar-refractivity contribution >= 4 is 5.91 Å². The van der Waals surface area contributed by atoms with Gasteiger partial charge in [0.1, 0.15) is 11.8 Å². The number of rotatable bonds is 7. The Labute approximate surface area is 119 Å². The summed E-state index contributed by atoms with van der Waals surface area (Å²) in [6.45, 7) is 4.66. The summed E-state index contributed by atoms with van der Waals surface area (Å²) in [5, 5.41) is 17.8. The number of aliphatic hydroxyl groups excluding tert-OH is 1. The van der Waals surface area contributed by atoms with Gasteiger partial charge in [0.15, 0.2) is 6.10 Å². The molecule has 0 aliphatic rings. The van der Waals surface area contributed by atoms with E-state index in [1.54, 1.807) is 36.1 Å². The maximum absolute atomic E-state index is 12.2. The first-order chi connectivity index (χ1) is 9.63. The van der Waals surface area contributed by atoms with Crippen LogP contribution < -0.4 is 4.74 Å². The van der Waals surface area contributed by atoms with Crippen LogP contribution in [0.25, 0.3) is 0 Å². The van der Waals surface area contributed by atoms with E-state index in [0.717, 1.165) is 0 Å². The van der Waals surface area contributed by atoms with Crippen LogP contribution in [0.1, 0.15) is 25.8 Å². The summed E-state index contributed by atoms with van der Waals surface area (Å²) in [5.74, 6) is 0.266. The Morgan fingerprint density at radius 1 is 1.50 bits per heavy atom. The second kappa shape index (κ2) is 8.18. The molecule has 1 atom stereocenters.